The maximum Gasteiger partial charge on any atom is 0.494 e. The summed E-state index contributed by atoms with van der Waals surface area (Å²) in [4.78, 5) is 13.8. The third-order valence-electron chi connectivity index (χ3n) is 6.14. The van der Waals surface area contributed by atoms with Crippen LogP contribution in [0.4, 0.5) is 0 Å². The van der Waals surface area contributed by atoms with Gasteiger partial charge in [-0.2, -0.15) is 0 Å². The summed E-state index contributed by atoms with van der Waals surface area (Å²) < 4.78 is 17.7. The molecule has 0 spiro atoms. The molecule has 0 unspecified atom stereocenters. The average molecular weight is 384 g/mol. The van der Waals surface area contributed by atoms with Gasteiger partial charge < -0.3 is 23.8 Å². The zero-order valence-electron chi connectivity index (χ0n) is 16.9. The highest BCUT2D eigenvalue weighted by atomic mass is 16.7. The summed E-state index contributed by atoms with van der Waals surface area (Å²) in [5.74, 6) is 0.113. The van der Waals surface area contributed by atoms with E-state index in [1.807, 2.05) is 52.0 Å². The Morgan fingerprint density at radius 2 is 1.82 bits per heavy atom. The van der Waals surface area contributed by atoms with Crippen LogP contribution in [0.25, 0.3) is 11.3 Å². The Morgan fingerprint density at radius 3 is 2.43 bits per heavy atom. The molecule has 28 heavy (non-hydrogen) atoms. The van der Waals surface area contributed by atoms with Gasteiger partial charge in [0.25, 0.3) is 5.91 Å². The van der Waals surface area contributed by atoms with Crippen molar-refractivity contribution in [2.75, 3.05) is 13.6 Å². The van der Waals surface area contributed by atoms with Gasteiger partial charge in [-0.15, -0.1) is 0 Å². The molecule has 1 aromatic heterocycles. The lowest BCUT2D eigenvalue weighted by Crippen LogP contribution is -2.41. The zero-order valence-corrected chi connectivity index (χ0v) is 16.9. The Morgan fingerprint density at radius 1 is 1.14 bits per heavy atom. The van der Waals surface area contributed by atoms with Crippen molar-refractivity contribution in [3.8, 4) is 11.3 Å². The number of nitrogens with zero attached hydrogens (tertiary/aromatic N) is 2. The Labute approximate surface area is 164 Å². The number of likely N-dealkylation sites (N-methyl/N-ethyl adjacent to an activating group) is 1. The van der Waals surface area contributed by atoms with Gasteiger partial charge in [0.05, 0.1) is 11.2 Å². The second kappa shape index (κ2) is 6.17. The molecule has 7 nitrogen and oxygen atoms in total. The van der Waals surface area contributed by atoms with E-state index in [9.17, 15) is 9.90 Å². The minimum Gasteiger partial charge on any atom is -0.399 e. The van der Waals surface area contributed by atoms with E-state index < -0.39 is 23.9 Å². The maximum atomic E-state index is 12.3. The number of hydrogen-bond acceptors (Lipinski definition) is 6. The molecule has 1 atom stereocenters. The van der Waals surface area contributed by atoms with Crippen molar-refractivity contribution < 1.29 is 23.7 Å². The van der Waals surface area contributed by atoms with Crippen molar-refractivity contribution in [3.05, 3.63) is 36.0 Å². The van der Waals surface area contributed by atoms with Crippen LogP contribution in [0, 0.1) is 0 Å². The van der Waals surface area contributed by atoms with Gasteiger partial charge in [-0.3, -0.25) is 4.79 Å². The van der Waals surface area contributed by atoms with Crippen LogP contribution >= 0.6 is 0 Å². The first-order valence-corrected chi connectivity index (χ1v) is 9.45. The standard InChI is InChI=1S/C20H25BN2O5/c1-18(2)19(3,4)28-21(27-18)14-8-6-7-13(11-14)15-12-16(22-26-15)20(25)9-10-23(5)17(20)24/h6-8,11-12,25H,9-10H2,1-5H3/t20-/m1/s1. The Kier molecular flexibility index (Phi) is 4.23. The highest BCUT2D eigenvalue weighted by Crippen LogP contribution is 2.37. The molecule has 0 bridgehead atoms. The van der Waals surface area contributed by atoms with E-state index >= 15 is 0 Å². The second-order valence-corrected chi connectivity index (χ2v) is 8.63. The lowest BCUT2D eigenvalue weighted by Gasteiger charge is -2.32. The molecular formula is C20H25BN2O5. The van der Waals surface area contributed by atoms with E-state index in [0.29, 0.717) is 18.7 Å². The van der Waals surface area contributed by atoms with Crippen LogP contribution < -0.4 is 5.46 Å². The Hall–Kier alpha value is -2.16. The van der Waals surface area contributed by atoms with Gasteiger partial charge in [-0.05, 0) is 33.2 Å². The lowest BCUT2D eigenvalue weighted by molar-refractivity contribution is -0.143. The predicted octanol–water partition coefficient (Wildman–Crippen LogP) is 1.69. The Balaban J connectivity index is 1.62. The largest absolute Gasteiger partial charge is 0.494 e. The molecule has 1 aromatic carbocycles. The molecular weight excluding hydrogens is 359 g/mol. The molecule has 2 aliphatic heterocycles. The molecule has 148 valence electrons. The SMILES string of the molecule is CN1CC[C@@](O)(c2cc(-c3cccc(B4OC(C)(C)C(C)(C)O4)c3)on2)C1=O. The molecule has 2 saturated heterocycles. The number of amides is 1. The summed E-state index contributed by atoms with van der Waals surface area (Å²) in [7, 11) is 1.18. The first-order chi connectivity index (χ1) is 13.0. The number of rotatable bonds is 3. The van der Waals surface area contributed by atoms with Crippen molar-refractivity contribution >= 4 is 18.5 Å². The minimum absolute atomic E-state index is 0.234. The van der Waals surface area contributed by atoms with Crippen molar-refractivity contribution in [1.82, 2.24) is 10.1 Å². The second-order valence-electron chi connectivity index (χ2n) is 8.63. The number of hydrogen-bond donors (Lipinski definition) is 1. The summed E-state index contributed by atoms with van der Waals surface area (Å²) in [6, 6.07) is 9.25. The van der Waals surface area contributed by atoms with Crippen LogP contribution in [-0.4, -0.2) is 53.0 Å². The number of benzene rings is 1. The van der Waals surface area contributed by atoms with E-state index in [2.05, 4.69) is 5.16 Å². The third-order valence-corrected chi connectivity index (χ3v) is 6.14. The summed E-state index contributed by atoms with van der Waals surface area (Å²) in [6.07, 6.45) is 0.294. The molecule has 4 rings (SSSR count). The van der Waals surface area contributed by atoms with E-state index in [-0.39, 0.29) is 11.6 Å². The van der Waals surface area contributed by atoms with Crippen molar-refractivity contribution in [2.24, 2.45) is 0 Å². The van der Waals surface area contributed by atoms with Gasteiger partial charge in [-0.1, -0.05) is 29.4 Å². The number of aromatic nitrogens is 1. The van der Waals surface area contributed by atoms with Crippen molar-refractivity contribution in [2.45, 2.75) is 50.9 Å². The van der Waals surface area contributed by atoms with Crippen LogP contribution in [0.15, 0.2) is 34.9 Å². The molecule has 3 heterocycles. The van der Waals surface area contributed by atoms with Gasteiger partial charge >= 0.3 is 7.12 Å². The number of aliphatic hydroxyl groups is 1. The minimum atomic E-state index is -1.63. The quantitative estimate of drug-likeness (QED) is 0.811. The van der Waals surface area contributed by atoms with Gasteiger partial charge in [0.15, 0.2) is 11.4 Å². The monoisotopic (exact) mass is 384 g/mol. The van der Waals surface area contributed by atoms with Gasteiger partial charge in [-0.25, -0.2) is 0 Å². The first kappa shape index (κ1) is 19.2. The first-order valence-electron chi connectivity index (χ1n) is 9.45. The molecule has 0 aliphatic carbocycles. The lowest BCUT2D eigenvalue weighted by atomic mass is 9.78. The predicted molar refractivity (Wildman–Crippen MR) is 104 cm³/mol. The highest BCUT2D eigenvalue weighted by Gasteiger charge is 2.52. The molecule has 2 aromatic rings. The van der Waals surface area contributed by atoms with E-state index in [1.54, 1.807) is 13.1 Å². The molecule has 8 heteroatoms. The van der Waals surface area contributed by atoms with Gasteiger partial charge in [0.1, 0.15) is 5.69 Å². The summed E-state index contributed by atoms with van der Waals surface area (Å²) in [5.41, 5.74) is -0.605. The number of carbonyl (C=O) groups is 1. The zero-order chi connectivity index (χ0) is 20.3. The fourth-order valence-electron chi connectivity index (χ4n) is 3.52. The van der Waals surface area contributed by atoms with Crippen molar-refractivity contribution in [1.29, 1.82) is 0 Å². The van der Waals surface area contributed by atoms with Gasteiger partial charge in [0, 0.05) is 31.6 Å². The molecule has 2 aliphatic rings. The smallest absolute Gasteiger partial charge is 0.399 e. The van der Waals surface area contributed by atoms with Crippen LogP contribution in [0.3, 0.4) is 0 Å². The summed E-state index contributed by atoms with van der Waals surface area (Å²) in [5, 5.41) is 14.7. The van der Waals surface area contributed by atoms with E-state index in [1.165, 1.54) is 4.90 Å². The number of carbonyl (C=O) groups excluding carboxylic acids is 1. The molecule has 0 radical (unpaired) electrons. The summed E-state index contributed by atoms with van der Waals surface area (Å²) >= 11 is 0. The van der Waals surface area contributed by atoms with E-state index in [0.717, 1.165) is 11.0 Å². The highest BCUT2D eigenvalue weighted by molar-refractivity contribution is 6.62. The van der Waals surface area contributed by atoms with E-state index in [4.69, 9.17) is 13.8 Å². The fraction of sp³-hybridized carbons (Fsp3) is 0.500. The fourth-order valence-corrected chi connectivity index (χ4v) is 3.52. The summed E-state index contributed by atoms with van der Waals surface area (Å²) in [6.45, 7) is 8.52. The third kappa shape index (κ3) is 2.87. The van der Waals surface area contributed by atoms with Gasteiger partial charge in [0.2, 0.25) is 0 Å². The van der Waals surface area contributed by atoms with Crippen LogP contribution in [0.1, 0.15) is 39.8 Å². The topological polar surface area (TPSA) is 85.0 Å². The number of likely N-dealkylation sites (tertiary alicyclic amines) is 1. The molecule has 1 amide bonds. The Bertz CT molecular complexity index is 909. The average Bonchev–Trinajstić information content (AvgIpc) is 3.29. The van der Waals surface area contributed by atoms with Crippen LogP contribution in [-0.2, 0) is 19.7 Å². The van der Waals surface area contributed by atoms with Crippen LogP contribution in [0.2, 0.25) is 0 Å². The molecule has 2 fully saturated rings. The molecule has 1 N–H and O–H groups in total. The van der Waals surface area contributed by atoms with Crippen LogP contribution in [0.5, 0.6) is 0 Å². The molecule has 0 saturated carbocycles. The maximum absolute atomic E-state index is 12.3. The van der Waals surface area contributed by atoms with Crippen molar-refractivity contribution in [3.63, 3.8) is 0 Å². The normalized spacial score (nSPS) is 26.3.